The van der Waals surface area contributed by atoms with Crippen LogP contribution in [-0.2, 0) is 0 Å². The molecule has 0 N–H and O–H groups in total. The lowest BCUT2D eigenvalue weighted by atomic mass is 9.89. The number of rotatable bonds is 1. The number of furan rings is 1. The first-order valence-corrected chi connectivity index (χ1v) is 8.15. The first-order valence-electron chi connectivity index (χ1n) is 8.15. The molecule has 0 saturated carbocycles. The smallest absolute Gasteiger partial charge is 0.257 e. The number of ether oxygens (including phenoxy) is 1. The van der Waals surface area contributed by atoms with Gasteiger partial charge < -0.3 is 14.1 Å². The number of likely N-dealkylation sites (tertiary alicyclic amines) is 1. The molecule has 0 aliphatic carbocycles. The number of ketones is 1. The predicted molar refractivity (Wildman–Crippen MR) is 87.5 cm³/mol. The Balaban J connectivity index is 1.58. The van der Waals surface area contributed by atoms with Crippen molar-refractivity contribution in [2.45, 2.75) is 32.3 Å². The molecule has 5 nitrogen and oxygen atoms in total. The van der Waals surface area contributed by atoms with Crippen molar-refractivity contribution in [3.05, 3.63) is 53.0 Å². The van der Waals surface area contributed by atoms with E-state index >= 15 is 0 Å². The zero-order valence-corrected chi connectivity index (χ0v) is 13.8. The van der Waals surface area contributed by atoms with Gasteiger partial charge in [-0.2, -0.15) is 0 Å². The van der Waals surface area contributed by atoms with E-state index in [1.54, 1.807) is 24.0 Å². The molecule has 1 amide bonds. The summed E-state index contributed by atoms with van der Waals surface area (Å²) in [7, 11) is 0. The molecule has 1 aromatic carbocycles. The summed E-state index contributed by atoms with van der Waals surface area (Å²) in [5.74, 6) is 2.00. The van der Waals surface area contributed by atoms with E-state index in [2.05, 4.69) is 0 Å². The Hall–Kier alpha value is -2.56. The van der Waals surface area contributed by atoms with Crippen molar-refractivity contribution >= 4 is 11.7 Å². The van der Waals surface area contributed by atoms with E-state index in [1.165, 1.54) is 0 Å². The summed E-state index contributed by atoms with van der Waals surface area (Å²) in [5.41, 5.74) is 0.620. The van der Waals surface area contributed by atoms with Gasteiger partial charge in [-0.25, -0.2) is 0 Å². The Labute approximate surface area is 140 Å². The topological polar surface area (TPSA) is 59.8 Å². The van der Waals surface area contributed by atoms with Crippen LogP contribution in [0.4, 0.5) is 0 Å². The third-order valence-electron chi connectivity index (χ3n) is 4.87. The van der Waals surface area contributed by atoms with Crippen LogP contribution < -0.4 is 4.74 Å². The van der Waals surface area contributed by atoms with Crippen LogP contribution in [-0.4, -0.2) is 35.3 Å². The first-order chi connectivity index (χ1) is 11.5. The maximum Gasteiger partial charge on any atom is 0.257 e. The number of carbonyl (C=O) groups excluding carboxylic acids is 2. The van der Waals surface area contributed by atoms with Gasteiger partial charge in [-0.3, -0.25) is 9.59 Å². The second-order valence-corrected chi connectivity index (χ2v) is 6.68. The molecule has 1 fully saturated rings. The molecule has 0 bridgehead atoms. The van der Waals surface area contributed by atoms with E-state index in [4.69, 9.17) is 9.15 Å². The summed E-state index contributed by atoms with van der Waals surface area (Å²) in [6, 6.07) is 9.08. The van der Waals surface area contributed by atoms with Gasteiger partial charge in [0.2, 0.25) is 0 Å². The molecule has 1 saturated heterocycles. The van der Waals surface area contributed by atoms with Crippen LogP contribution in [0.25, 0.3) is 0 Å². The van der Waals surface area contributed by atoms with Crippen molar-refractivity contribution in [2.75, 3.05) is 13.1 Å². The summed E-state index contributed by atoms with van der Waals surface area (Å²) in [6.45, 7) is 4.63. The molecule has 24 heavy (non-hydrogen) atoms. The van der Waals surface area contributed by atoms with Gasteiger partial charge in [0.1, 0.15) is 22.9 Å². The van der Waals surface area contributed by atoms with Crippen LogP contribution in [0.3, 0.4) is 0 Å². The zero-order valence-electron chi connectivity index (χ0n) is 13.8. The maximum absolute atomic E-state index is 12.8. The fourth-order valence-corrected chi connectivity index (χ4v) is 3.70. The monoisotopic (exact) mass is 325 g/mol. The molecule has 1 unspecified atom stereocenters. The van der Waals surface area contributed by atoms with E-state index in [-0.39, 0.29) is 11.7 Å². The number of Topliss-reactive ketones (excluding diaryl/α,β-unsaturated/α-hetero) is 1. The molecule has 5 heteroatoms. The van der Waals surface area contributed by atoms with Crippen LogP contribution in [0.1, 0.15) is 45.1 Å². The van der Waals surface area contributed by atoms with Gasteiger partial charge in [0.25, 0.3) is 5.91 Å². The van der Waals surface area contributed by atoms with Crippen molar-refractivity contribution < 1.29 is 18.7 Å². The predicted octanol–water partition coefficient (Wildman–Crippen LogP) is 3.15. The lowest BCUT2D eigenvalue weighted by molar-refractivity contribution is 0.0428. The third-order valence-corrected chi connectivity index (χ3v) is 4.87. The molecule has 0 radical (unpaired) electrons. The minimum absolute atomic E-state index is 0.0591. The fraction of sp³-hybridized carbons (Fsp3) is 0.368. The van der Waals surface area contributed by atoms with E-state index in [0.717, 1.165) is 5.76 Å². The maximum atomic E-state index is 12.8. The quantitative estimate of drug-likeness (QED) is 0.808. The highest BCUT2D eigenvalue weighted by Gasteiger charge is 2.47. The van der Waals surface area contributed by atoms with Crippen LogP contribution in [0.2, 0.25) is 0 Å². The van der Waals surface area contributed by atoms with Crippen LogP contribution in [0, 0.1) is 13.8 Å². The summed E-state index contributed by atoms with van der Waals surface area (Å²) < 4.78 is 11.6. The fourth-order valence-electron chi connectivity index (χ4n) is 3.70. The Bertz CT molecular complexity index is 838. The van der Waals surface area contributed by atoms with Gasteiger partial charge in [-0.05, 0) is 32.0 Å². The molecule has 1 atom stereocenters. The molecule has 2 aliphatic rings. The molecule has 1 spiro atoms. The van der Waals surface area contributed by atoms with Gasteiger partial charge in [0.05, 0.1) is 24.1 Å². The molecule has 3 heterocycles. The van der Waals surface area contributed by atoms with Gasteiger partial charge in [-0.1, -0.05) is 12.1 Å². The van der Waals surface area contributed by atoms with Crippen molar-refractivity contribution in [3.63, 3.8) is 0 Å². The molecular formula is C19H19NO4. The highest BCUT2D eigenvalue weighted by Crippen LogP contribution is 2.39. The largest absolute Gasteiger partial charge is 0.484 e. The molecule has 4 rings (SSSR count). The van der Waals surface area contributed by atoms with Crippen molar-refractivity contribution in [1.29, 1.82) is 0 Å². The van der Waals surface area contributed by atoms with E-state index in [9.17, 15) is 9.59 Å². The highest BCUT2D eigenvalue weighted by atomic mass is 16.5. The van der Waals surface area contributed by atoms with Crippen molar-refractivity contribution in [2.24, 2.45) is 0 Å². The first kappa shape index (κ1) is 15.0. The van der Waals surface area contributed by atoms with Gasteiger partial charge in [0, 0.05) is 13.0 Å². The lowest BCUT2D eigenvalue weighted by Gasteiger charge is -2.34. The van der Waals surface area contributed by atoms with Crippen LogP contribution in [0.5, 0.6) is 5.75 Å². The molecular weight excluding hydrogens is 306 g/mol. The zero-order chi connectivity index (χ0) is 16.9. The average molecular weight is 325 g/mol. The van der Waals surface area contributed by atoms with Crippen molar-refractivity contribution in [1.82, 2.24) is 4.90 Å². The minimum Gasteiger partial charge on any atom is -0.484 e. The highest BCUT2D eigenvalue weighted by molar-refractivity contribution is 6.00. The van der Waals surface area contributed by atoms with E-state index in [0.29, 0.717) is 48.6 Å². The molecule has 2 aliphatic heterocycles. The number of aryl methyl sites for hydroxylation is 2. The van der Waals surface area contributed by atoms with Crippen LogP contribution >= 0.6 is 0 Å². The van der Waals surface area contributed by atoms with E-state index in [1.807, 2.05) is 25.1 Å². The number of carbonyl (C=O) groups is 2. The molecule has 1 aromatic heterocycles. The second-order valence-electron chi connectivity index (χ2n) is 6.68. The summed E-state index contributed by atoms with van der Waals surface area (Å²) in [4.78, 5) is 27.0. The van der Waals surface area contributed by atoms with Crippen LogP contribution in [0.15, 0.2) is 34.7 Å². The van der Waals surface area contributed by atoms with E-state index < -0.39 is 5.60 Å². The number of amides is 1. The number of nitrogens with zero attached hydrogens (tertiary/aromatic N) is 1. The van der Waals surface area contributed by atoms with Gasteiger partial charge in [0.15, 0.2) is 5.78 Å². The van der Waals surface area contributed by atoms with Gasteiger partial charge >= 0.3 is 0 Å². The number of hydrogen-bond donors (Lipinski definition) is 0. The number of fused-ring (bicyclic) bond motifs is 1. The molecule has 2 aromatic rings. The number of hydrogen-bond acceptors (Lipinski definition) is 4. The standard InChI is InChI=1S/C19H19NO4/c1-12-9-15(13(2)23-12)18(22)20-8-7-19(11-20)10-16(21)14-5-3-4-6-17(14)24-19/h3-6,9H,7-8,10-11H2,1-2H3. The Morgan fingerprint density at radius 3 is 2.79 bits per heavy atom. The summed E-state index contributed by atoms with van der Waals surface area (Å²) in [6.07, 6.45) is 0.978. The van der Waals surface area contributed by atoms with Crippen molar-refractivity contribution in [3.8, 4) is 5.75 Å². The Morgan fingerprint density at radius 2 is 2.04 bits per heavy atom. The molecule has 124 valence electrons. The van der Waals surface area contributed by atoms with Gasteiger partial charge in [-0.15, -0.1) is 0 Å². The number of benzene rings is 1. The lowest BCUT2D eigenvalue weighted by Crippen LogP contribution is -2.45. The average Bonchev–Trinajstić information content (AvgIpc) is 3.10. The SMILES string of the molecule is Cc1cc(C(=O)N2CCC3(CC(=O)c4ccccc4O3)C2)c(C)o1. The Morgan fingerprint density at radius 1 is 1.25 bits per heavy atom. The summed E-state index contributed by atoms with van der Waals surface area (Å²) >= 11 is 0. The normalized spacial score (nSPS) is 22.6. The summed E-state index contributed by atoms with van der Waals surface area (Å²) in [5, 5.41) is 0. The number of para-hydroxylation sites is 1. The Kier molecular flexibility index (Phi) is 3.27. The minimum atomic E-state index is -0.603. The second kappa shape index (κ2) is 5.23. The third kappa shape index (κ3) is 2.31.